The molecule has 2 saturated heterocycles. The van der Waals surface area contributed by atoms with Crippen LogP contribution in [0.25, 0.3) is 0 Å². The van der Waals surface area contributed by atoms with Gasteiger partial charge in [0.05, 0.1) is 12.1 Å². The number of ether oxygens (including phenoxy) is 3. The van der Waals surface area contributed by atoms with E-state index in [0.29, 0.717) is 11.1 Å². The molecule has 3 N–H and O–H groups in total. The van der Waals surface area contributed by atoms with Crippen LogP contribution in [0.15, 0.2) is 60.7 Å². The molecule has 31 heavy (non-hydrogen) atoms. The molecule has 2 amide bonds. The Balaban J connectivity index is 1.45. The van der Waals surface area contributed by atoms with Crippen molar-refractivity contribution < 1.29 is 28.9 Å². The molecular weight excluding hydrogens is 400 g/mol. The van der Waals surface area contributed by atoms with Gasteiger partial charge in [-0.3, -0.25) is 9.59 Å². The fraction of sp³-hybridized carbons (Fsp3) is 0.391. The fourth-order valence-corrected chi connectivity index (χ4v) is 3.86. The number of nitrogens with one attached hydrogen (secondary N) is 2. The standard InChI is InChI=1S/C23H26N2O6/c1-23(2)30-19-17(25-21(28)15-11-7-4-8-12-15)18(29-22(19)31-23)16(26)13-24-20(27)14-9-5-3-6-10-14/h3-12,16-19,22,26H,13H2,1-2H3,(H,24,27)(H,25,28)/t16-,17-,18+,19+,22+/m0/s1. The van der Waals surface area contributed by atoms with Crippen molar-refractivity contribution in [3.8, 4) is 0 Å². The molecule has 8 heteroatoms. The summed E-state index contributed by atoms with van der Waals surface area (Å²) in [5.74, 6) is -1.49. The zero-order valence-corrected chi connectivity index (χ0v) is 17.4. The first-order valence-corrected chi connectivity index (χ1v) is 10.2. The van der Waals surface area contributed by atoms with Crippen molar-refractivity contribution in [2.24, 2.45) is 0 Å². The molecule has 2 aliphatic heterocycles. The summed E-state index contributed by atoms with van der Waals surface area (Å²) in [6.07, 6.45) is -3.24. The molecule has 0 radical (unpaired) electrons. The normalized spacial score (nSPS) is 27.3. The second-order valence-corrected chi connectivity index (χ2v) is 8.08. The maximum absolute atomic E-state index is 12.8. The minimum atomic E-state index is -1.09. The van der Waals surface area contributed by atoms with Crippen LogP contribution in [0.4, 0.5) is 0 Å². The molecule has 2 fully saturated rings. The zero-order chi connectivity index (χ0) is 22.0. The van der Waals surface area contributed by atoms with E-state index in [0.717, 1.165) is 0 Å². The molecule has 8 nitrogen and oxygen atoms in total. The molecule has 164 valence electrons. The summed E-state index contributed by atoms with van der Waals surface area (Å²) in [4.78, 5) is 25.1. The SMILES string of the molecule is CC1(C)O[C@H]2O[C@H]([C@@H](O)CNC(=O)c3ccccc3)[C@H](NC(=O)c3ccccc3)[C@H]2O1. The summed E-state index contributed by atoms with van der Waals surface area (Å²) in [5.41, 5.74) is 0.969. The lowest BCUT2D eigenvalue weighted by atomic mass is 10.0. The van der Waals surface area contributed by atoms with E-state index in [1.54, 1.807) is 62.4 Å². The Morgan fingerprint density at radius 3 is 2.16 bits per heavy atom. The van der Waals surface area contributed by atoms with Crippen LogP contribution < -0.4 is 10.6 Å². The minimum Gasteiger partial charge on any atom is -0.388 e. The lowest BCUT2D eigenvalue weighted by Crippen LogP contribution is -2.54. The van der Waals surface area contributed by atoms with Crippen molar-refractivity contribution in [3.05, 3.63) is 71.8 Å². The van der Waals surface area contributed by atoms with E-state index in [1.165, 1.54) is 0 Å². The Hall–Kier alpha value is -2.78. The van der Waals surface area contributed by atoms with Crippen LogP contribution in [0.2, 0.25) is 0 Å². The van der Waals surface area contributed by atoms with E-state index in [2.05, 4.69) is 10.6 Å². The summed E-state index contributed by atoms with van der Waals surface area (Å²) >= 11 is 0. The number of amides is 2. The van der Waals surface area contributed by atoms with E-state index in [9.17, 15) is 14.7 Å². The molecule has 2 aliphatic rings. The van der Waals surface area contributed by atoms with Gasteiger partial charge in [0.2, 0.25) is 0 Å². The maximum atomic E-state index is 12.8. The molecule has 2 heterocycles. The number of fused-ring (bicyclic) bond motifs is 1. The number of hydrogen-bond donors (Lipinski definition) is 3. The van der Waals surface area contributed by atoms with Gasteiger partial charge >= 0.3 is 0 Å². The second kappa shape index (κ2) is 8.76. The van der Waals surface area contributed by atoms with E-state index < -0.39 is 36.4 Å². The molecule has 0 saturated carbocycles. The fourth-order valence-electron chi connectivity index (χ4n) is 3.86. The first-order valence-electron chi connectivity index (χ1n) is 10.2. The number of benzene rings is 2. The minimum absolute atomic E-state index is 0.0566. The van der Waals surface area contributed by atoms with Crippen LogP contribution in [-0.4, -0.2) is 59.9 Å². The van der Waals surface area contributed by atoms with Crippen molar-refractivity contribution in [1.82, 2.24) is 10.6 Å². The molecule has 0 unspecified atom stereocenters. The van der Waals surface area contributed by atoms with Gasteiger partial charge in [0.1, 0.15) is 12.2 Å². The lowest BCUT2D eigenvalue weighted by Gasteiger charge is -2.29. The number of aliphatic hydroxyl groups excluding tert-OH is 1. The van der Waals surface area contributed by atoms with Crippen LogP contribution in [0.5, 0.6) is 0 Å². The molecule has 0 spiro atoms. The molecule has 2 aromatic rings. The maximum Gasteiger partial charge on any atom is 0.251 e. The van der Waals surface area contributed by atoms with Crippen LogP contribution in [0.1, 0.15) is 34.6 Å². The molecule has 2 aromatic carbocycles. The van der Waals surface area contributed by atoms with Gasteiger partial charge in [-0.05, 0) is 38.1 Å². The van der Waals surface area contributed by atoms with E-state index in [-0.39, 0.29) is 18.4 Å². The van der Waals surface area contributed by atoms with Gasteiger partial charge in [-0.15, -0.1) is 0 Å². The van der Waals surface area contributed by atoms with Crippen LogP contribution >= 0.6 is 0 Å². The van der Waals surface area contributed by atoms with Crippen LogP contribution in [-0.2, 0) is 14.2 Å². The predicted molar refractivity (Wildman–Crippen MR) is 111 cm³/mol. The van der Waals surface area contributed by atoms with E-state index in [1.807, 2.05) is 12.1 Å². The summed E-state index contributed by atoms with van der Waals surface area (Å²) in [6, 6.07) is 16.8. The van der Waals surface area contributed by atoms with Gasteiger partial charge in [-0.25, -0.2) is 0 Å². The monoisotopic (exact) mass is 426 g/mol. The molecule has 0 aliphatic carbocycles. The molecule has 5 atom stereocenters. The van der Waals surface area contributed by atoms with Crippen molar-refractivity contribution >= 4 is 11.8 Å². The highest BCUT2D eigenvalue weighted by Crippen LogP contribution is 2.38. The van der Waals surface area contributed by atoms with Gasteiger partial charge in [0.25, 0.3) is 11.8 Å². The average molecular weight is 426 g/mol. The Bertz CT molecular complexity index is 920. The molecular formula is C23H26N2O6. The van der Waals surface area contributed by atoms with Gasteiger partial charge < -0.3 is 30.0 Å². The summed E-state index contributed by atoms with van der Waals surface area (Å²) in [5, 5.41) is 16.4. The first kappa shape index (κ1) is 21.5. The van der Waals surface area contributed by atoms with Crippen LogP contribution in [0.3, 0.4) is 0 Å². The van der Waals surface area contributed by atoms with E-state index >= 15 is 0 Å². The number of carbonyl (C=O) groups is 2. The number of carbonyl (C=O) groups excluding carboxylic acids is 2. The topological polar surface area (TPSA) is 106 Å². The highest BCUT2D eigenvalue weighted by Gasteiger charge is 2.56. The van der Waals surface area contributed by atoms with Crippen molar-refractivity contribution in [2.45, 2.75) is 50.3 Å². The largest absolute Gasteiger partial charge is 0.388 e. The number of aliphatic hydroxyl groups is 1. The smallest absolute Gasteiger partial charge is 0.251 e. The average Bonchev–Trinajstić information content (AvgIpc) is 3.25. The quantitative estimate of drug-likeness (QED) is 0.646. The second-order valence-electron chi connectivity index (χ2n) is 8.08. The van der Waals surface area contributed by atoms with Gasteiger partial charge in [0.15, 0.2) is 12.1 Å². The summed E-state index contributed by atoms with van der Waals surface area (Å²) in [6.45, 7) is 3.46. The third kappa shape index (κ3) is 4.77. The zero-order valence-electron chi connectivity index (χ0n) is 17.4. The van der Waals surface area contributed by atoms with E-state index in [4.69, 9.17) is 14.2 Å². The number of hydrogen-bond acceptors (Lipinski definition) is 6. The summed E-state index contributed by atoms with van der Waals surface area (Å²) in [7, 11) is 0. The lowest BCUT2D eigenvalue weighted by molar-refractivity contribution is -0.216. The highest BCUT2D eigenvalue weighted by atomic mass is 16.8. The van der Waals surface area contributed by atoms with Gasteiger partial charge in [-0.2, -0.15) is 0 Å². The Kier molecular flexibility index (Phi) is 6.06. The Morgan fingerprint density at radius 1 is 0.968 bits per heavy atom. The highest BCUT2D eigenvalue weighted by molar-refractivity contribution is 5.94. The predicted octanol–water partition coefficient (Wildman–Crippen LogP) is 1.45. The Morgan fingerprint density at radius 2 is 1.55 bits per heavy atom. The third-order valence-electron chi connectivity index (χ3n) is 5.31. The third-order valence-corrected chi connectivity index (χ3v) is 5.31. The first-order chi connectivity index (χ1) is 14.8. The Labute approximate surface area is 180 Å². The van der Waals surface area contributed by atoms with Crippen molar-refractivity contribution in [3.63, 3.8) is 0 Å². The van der Waals surface area contributed by atoms with Crippen molar-refractivity contribution in [1.29, 1.82) is 0 Å². The van der Waals surface area contributed by atoms with Gasteiger partial charge in [-0.1, -0.05) is 36.4 Å². The molecule has 4 rings (SSSR count). The molecule has 0 aromatic heterocycles. The van der Waals surface area contributed by atoms with Crippen molar-refractivity contribution in [2.75, 3.05) is 6.54 Å². The van der Waals surface area contributed by atoms with Gasteiger partial charge in [0, 0.05) is 17.7 Å². The van der Waals surface area contributed by atoms with Crippen LogP contribution in [0, 0.1) is 0 Å². The summed E-state index contributed by atoms with van der Waals surface area (Å²) < 4.78 is 17.6. The molecule has 0 bridgehead atoms. The number of rotatable bonds is 6.